The Kier molecular flexibility index (Phi) is 4.77. The number of ether oxygens (including phenoxy) is 1. The molecule has 2 saturated carbocycles. The molecule has 0 N–H and O–H groups in total. The number of hydrogen-bond donors (Lipinski definition) is 0. The lowest BCUT2D eigenvalue weighted by Crippen LogP contribution is -2.42. The van der Waals surface area contributed by atoms with Crippen LogP contribution >= 0.6 is 0 Å². The zero-order valence-corrected chi connectivity index (χ0v) is 16.5. The Morgan fingerprint density at radius 1 is 0.929 bits per heavy atom. The highest BCUT2D eigenvalue weighted by molar-refractivity contribution is 5.94. The maximum absolute atomic E-state index is 12.9. The number of amides is 2. The molecule has 2 amide bonds. The summed E-state index contributed by atoms with van der Waals surface area (Å²) in [6, 6.07) is 8.12. The fraction of sp³-hybridized carbons (Fsp3) is 0.652. The summed E-state index contributed by atoms with van der Waals surface area (Å²) in [4.78, 5) is 29.2. The SMILES string of the molecule is O=C(C1CC1)N1CCC(Oc2ccc(C(=O)N3CC4CCCC3C4)cc2)CC1. The summed E-state index contributed by atoms with van der Waals surface area (Å²) in [5.41, 5.74) is 0.768. The molecule has 0 aromatic heterocycles. The van der Waals surface area contributed by atoms with Crippen molar-refractivity contribution in [2.24, 2.45) is 11.8 Å². The number of fused-ring (bicyclic) bond motifs is 2. The van der Waals surface area contributed by atoms with Crippen molar-refractivity contribution in [3.05, 3.63) is 29.8 Å². The predicted octanol–water partition coefficient (Wildman–Crippen LogP) is 3.48. The lowest BCUT2D eigenvalue weighted by atomic mass is 9.90. The molecule has 4 aliphatic rings. The molecule has 0 radical (unpaired) electrons. The van der Waals surface area contributed by atoms with E-state index in [0.29, 0.717) is 23.8 Å². The largest absolute Gasteiger partial charge is 0.490 e. The molecular weight excluding hydrogens is 352 g/mol. The van der Waals surface area contributed by atoms with Crippen LogP contribution in [0.15, 0.2) is 24.3 Å². The van der Waals surface area contributed by atoms with E-state index < -0.39 is 0 Å². The molecule has 2 unspecified atom stereocenters. The highest BCUT2D eigenvalue weighted by Crippen LogP contribution is 2.36. The molecule has 5 heteroatoms. The van der Waals surface area contributed by atoms with Crippen molar-refractivity contribution >= 4 is 11.8 Å². The Morgan fingerprint density at radius 2 is 1.68 bits per heavy atom. The van der Waals surface area contributed by atoms with Crippen molar-refractivity contribution in [1.82, 2.24) is 9.80 Å². The molecule has 2 aliphatic carbocycles. The average Bonchev–Trinajstić information content (AvgIpc) is 3.54. The summed E-state index contributed by atoms with van der Waals surface area (Å²) in [5, 5.41) is 0. The Morgan fingerprint density at radius 3 is 2.36 bits per heavy atom. The van der Waals surface area contributed by atoms with Gasteiger partial charge in [0, 0.05) is 50.0 Å². The monoisotopic (exact) mass is 382 g/mol. The second-order valence-electron chi connectivity index (χ2n) is 9.09. The third-order valence-corrected chi connectivity index (χ3v) is 7.00. The van der Waals surface area contributed by atoms with E-state index in [4.69, 9.17) is 4.74 Å². The highest BCUT2D eigenvalue weighted by Gasteiger charge is 2.38. The molecular formula is C23H30N2O3. The second-order valence-corrected chi connectivity index (χ2v) is 9.09. The minimum Gasteiger partial charge on any atom is -0.490 e. The number of likely N-dealkylation sites (tertiary alicyclic amines) is 2. The van der Waals surface area contributed by atoms with Crippen molar-refractivity contribution in [2.75, 3.05) is 19.6 Å². The summed E-state index contributed by atoms with van der Waals surface area (Å²) in [7, 11) is 0. The van der Waals surface area contributed by atoms with Crippen molar-refractivity contribution in [2.45, 2.75) is 63.5 Å². The fourth-order valence-electron chi connectivity index (χ4n) is 5.20. The van der Waals surface area contributed by atoms with Gasteiger partial charge in [-0.3, -0.25) is 9.59 Å². The second kappa shape index (κ2) is 7.41. The van der Waals surface area contributed by atoms with Crippen molar-refractivity contribution in [1.29, 1.82) is 0 Å². The summed E-state index contributed by atoms with van der Waals surface area (Å²) < 4.78 is 6.13. The molecule has 28 heavy (non-hydrogen) atoms. The molecule has 1 aromatic rings. The van der Waals surface area contributed by atoms with Crippen molar-refractivity contribution in [3.8, 4) is 5.75 Å². The van der Waals surface area contributed by atoms with Gasteiger partial charge in [0.05, 0.1) is 0 Å². The van der Waals surface area contributed by atoms with E-state index >= 15 is 0 Å². The van der Waals surface area contributed by atoms with Gasteiger partial charge in [-0.1, -0.05) is 6.42 Å². The number of carbonyl (C=O) groups excluding carboxylic acids is 2. The Labute approximate surface area is 167 Å². The van der Waals surface area contributed by atoms with Crippen LogP contribution in [0.4, 0.5) is 0 Å². The topological polar surface area (TPSA) is 49.9 Å². The molecule has 4 fully saturated rings. The van der Waals surface area contributed by atoms with Crippen LogP contribution in [0.3, 0.4) is 0 Å². The molecule has 2 heterocycles. The van der Waals surface area contributed by atoms with Gasteiger partial charge < -0.3 is 14.5 Å². The fourth-order valence-corrected chi connectivity index (χ4v) is 5.20. The van der Waals surface area contributed by atoms with Crippen LogP contribution in [0.25, 0.3) is 0 Å². The highest BCUT2D eigenvalue weighted by atomic mass is 16.5. The van der Waals surface area contributed by atoms with E-state index in [9.17, 15) is 9.59 Å². The van der Waals surface area contributed by atoms with Crippen LogP contribution in [0, 0.1) is 11.8 Å². The van der Waals surface area contributed by atoms with Gasteiger partial charge in [0.25, 0.3) is 5.91 Å². The molecule has 1 aromatic carbocycles. The summed E-state index contributed by atoms with van der Waals surface area (Å²) in [6.07, 6.45) is 8.95. The van der Waals surface area contributed by atoms with Gasteiger partial charge in [-0.05, 0) is 62.3 Å². The van der Waals surface area contributed by atoms with Gasteiger partial charge in [0.2, 0.25) is 5.91 Å². The van der Waals surface area contributed by atoms with Crippen LogP contribution in [-0.4, -0.2) is 53.4 Å². The number of carbonyl (C=O) groups is 2. The first-order chi connectivity index (χ1) is 13.7. The van der Waals surface area contributed by atoms with E-state index in [1.54, 1.807) is 0 Å². The van der Waals surface area contributed by atoms with Gasteiger partial charge in [0.1, 0.15) is 11.9 Å². The van der Waals surface area contributed by atoms with Gasteiger partial charge in [-0.25, -0.2) is 0 Å². The molecule has 0 spiro atoms. The maximum Gasteiger partial charge on any atom is 0.254 e. The van der Waals surface area contributed by atoms with Crippen LogP contribution < -0.4 is 4.74 Å². The molecule has 5 rings (SSSR count). The summed E-state index contributed by atoms with van der Waals surface area (Å²) >= 11 is 0. The van der Waals surface area contributed by atoms with Crippen LogP contribution in [0.1, 0.15) is 61.7 Å². The zero-order valence-electron chi connectivity index (χ0n) is 16.5. The first-order valence-electron chi connectivity index (χ1n) is 11.0. The van der Waals surface area contributed by atoms with Crippen molar-refractivity contribution in [3.63, 3.8) is 0 Å². The van der Waals surface area contributed by atoms with Crippen LogP contribution in [0.2, 0.25) is 0 Å². The number of hydrogen-bond acceptors (Lipinski definition) is 3. The molecule has 2 atom stereocenters. The van der Waals surface area contributed by atoms with E-state index in [-0.39, 0.29) is 12.0 Å². The van der Waals surface area contributed by atoms with E-state index in [2.05, 4.69) is 4.90 Å². The number of piperidine rings is 1. The predicted molar refractivity (Wildman–Crippen MR) is 106 cm³/mol. The van der Waals surface area contributed by atoms with Gasteiger partial charge in [-0.15, -0.1) is 0 Å². The third-order valence-electron chi connectivity index (χ3n) is 7.00. The lowest BCUT2D eigenvalue weighted by molar-refractivity contribution is -0.134. The Bertz CT molecular complexity index is 735. The smallest absolute Gasteiger partial charge is 0.254 e. The normalized spacial score (nSPS) is 27.7. The number of nitrogens with zero attached hydrogens (tertiary/aromatic N) is 2. The number of rotatable bonds is 4. The summed E-state index contributed by atoms with van der Waals surface area (Å²) in [6.45, 7) is 2.53. The van der Waals surface area contributed by atoms with Gasteiger partial charge in [-0.2, -0.15) is 0 Å². The quantitative estimate of drug-likeness (QED) is 0.801. The molecule has 2 saturated heterocycles. The molecule has 5 nitrogen and oxygen atoms in total. The van der Waals surface area contributed by atoms with E-state index in [0.717, 1.165) is 63.1 Å². The first kappa shape index (κ1) is 18.0. The third kappa shape index (κ3) is 3.63. The van der Waals surface area contributed by atoms with E-state index in [1.165, 1.54) is 19.3 Å². The summed E-state index contributed by atoms with van der Waals surface area (Å²) in [5.74, 6) is 2.35. The van der Waals surface area contributed by atoms with Crippen LogP contribution in [-0.2, 0) is 4.79 Å². The first-order valence-corrected chi connectivity index (χ1v) is 11.0. The van der Waals surface area contributed by atoms with Gasteiger partial charge >= 0.3 is 0 Å². The molecule has 2 aliphatic heterocycles. The van der Waals surface area contributed by atoms with E-state index in [1.807, 2.05) is 29.2 Å². The standard InChI is InChI=1S/C23H30N2O3/c26-22(17-4-5-17)24-12-10-21(11-13-24)28-20-8-6-18(7-9-20)23(27)25-15-16-2-1-3-19(25)14-16/h6-9,16-17,19,21H,1-5,10-15H2. The maximum atomic E-state index is 12.9. The Hall–Kier alpha value is -2.04. The minimum absolute atomic E-state index is 0.155. The molecule has 2 bridgehead atoms. The zero-order chi connectivity index (χ0) is 19.1. The average molecular weight is 383 g/mol. The van der Waals surface area contributed by atoms with Crippen LogP contribution in [0.5, 0.6) is 5.75 Å². The van der Waals surface area contributed by atoms with Gasteiger partial charge in [0.15, 0.2) is 0 Å². The van der Waals surface area contributed by atoms with Crippen molar-refractivity contribution < 1.29 is 14.3 Å². The number of benzene rings is 1. The molecule has 150 valence electrons. The minimum atomic E-state index is 0.155. The Balaban J connectivity index is 1.15. The lowest BCUT2D eigenvalue weighted by Gasteiger charge is -2.32.